The number of rotatable bonds is 6. The third kappa shape index (κ3) is 4.89. The molecule has 144 valence electrons. The number of carbonyl (C=O) groups excluding carboxylic acids is 2. The molecule has 0 spiro atoms. The van der Waals surface area contributed by atoms with Crippen LogP contribution < -0.4 is 5.32 Å². The van der Waals surface area contributed by atoms with E-state index in [-0.39, 0.29) is 18.2 Å². The van der Waals surface area contributed by atoms with E-state index in [0.717, 1.165) is 22.5 Å². The molecule has 0 saturated carbocycles. The first-order valence-corrected chi connectivity index (χ1v) is 9.95. The summed E-state index contributed by atoms with van der Waals surface area (Å²) in [5.41, 5.74) is 3.73. The van der Waals surface area contributed by atoms with Gasteiger partial charge in [0.25, 0.3) is 0 Å². The van der Waals surface area contributed by atoms with Gasteiger partial charge >= 0.3 is 0 Å². The number of hydrogen-bond donors (Lipinski definition) is 1. The Balaban J connectivity index is 1.73. The standard InChI is InChI=1S/C22H23N3O2S/c1-4-12-25-21(27)19(14-20(26)23-17-10-8-15(2)9-11-17)28-22(25)24-18-7-5-6-16(3)13-18/h4-11,13,19H,1,12,14H2,2-3H3,(H,23,26)/t19-/m1/s1. The van der Waals surface area contributed by atoms with E-state index in [2.05, 4.69) is 16.9 Å². The lowest BCUT2D eigenvalue weighted by Gasteiger charge is -2.14. The summed E-state index contributed by atoms with van der Waals surface area (Å²) >= 11 is 1.33. The van der Waals surface area contributed by atoms with E-state index >= 15 is 0 Å². The Morgan fingerprint density at radius 3 is 2.64 bits per heavy atom. The lowest BCUT2D eigenvalue weighted by Crippen LogP contribution is -2.33. The van der Waals surface area contributed by atoms with E-state index in [1.165, 1.54) is 11.8 Å². The van der Waals surface area contributed by atoms with Gasteiger partial charge in [-0.05, 0) is 43.7 Å². The molecule has 0 radical (unpaired) electrons. The van der Waals surface area contributed by atoms with E-state index in [1.54, 1.807) is 11.0 Å². The third-order valence-corrected chi connectivity index (χ3v) is 5.44. The van der Waals surface area contributed by atoms with Crippen LogP contribution >= 0.6 is 11.8 Å². The first kappa shape index (κ1) is 19.9. The topological polar surface area (TPSA) is 61.8 Å². The van der Waals surface area contributed by atoms with Crippen molar-refractivity contribution < 1.29 is 9.59 Å². The molecule has 1 fully saturated rings. The lowest BCUT2D eigenvalue weighted by atomic mass is 10.2. The fourth-order valence-corrected chi connectivity index (χ4v) is 4.01. The highest BCUT2D eigenvalue weighted by molar-refractivity contribution is 8.15. The SMILES string of the molecule is C=CCN1C(=O)[C@@H](CC(=O)Nc2ccc(C)cc2)SC1=Nc1cccc(C)c1. The van der Waals surface area contributed by atoms with Crippen molar-refractivity contribution in [1.82, 2.24) is 4.90 Å². The second kappa shape index (κ2) is 8.89. The summed E-state index contributed by atoms with van der Waals surface area (Å²) in [4.78, 5) is 31.4. The molecule has 3 rings (SSSR count). The Hall–Kier alpha value is -2.86. The first-order valence-electron chi connectivity index (χ1n) is 9.07. The van der Waals surface area contributed by atoms with E-state index in [4.69, 9.17) is 0 Å². The maximum atomic E-state index is 12.8. The highest BCUT2D eigenvalue weighted by Gasteiger charge is 2.38. The number of hydrogen-bond acceptors (Lipinski definition) is 4. The quantitative estimate of drug-likeness (QED) is 0.738. The van der Waals surface area contributed by atoms with Crippen molar-refractivity contribution in [3.8, 4) is 0 Å². The number of carbonyl (C=O) groups is 2. The van der Waals surface area contributed by atoms with E-state index < -0.39 is 5.25 Å². The minimum absolute atomic E-state index is 0.0951. The van der Waals surface area contributed by atoms with Crippen LogP contribution in [0.4, 0.5) is 11.4 Å². The van der Waals surface area contributed by atoms with Crippen LogP contribution in [0.25, 0.3) is 0 Å². The summed E-state index contributed by atoms with van der Waals surface area (Å²) in [7, 11) is 0. The number of nitrogens with zero attached hydrogens (tertiary/aromatic N) is 2. The van der Waals surface area contributed by atoms with Crippen molar-refractivity contribution in [2.45, 2.75) is 25.5 Å². The molecule has 1 aliphatic heterocycles. The highest BCUT2D eigenvalue weighted by Crippen LogP contribution is 2.32. The van der Waals surface area contributed by atoms with Gasteiger partial charge in [0.2, 0.25) is 11.8 Å². The Kier molecular flexibility index (Phi) is 6.31. The molecule has 0 bridgehead atoms. The third-order valence-electron chi connectivity index (χ3n) is 4.26. The van der Waals surface area contributed by atoms with Crippen LogP contribution in [0.2, 0.25) is 0 Å². The number of amidine groups is 1. The lowest BCUT2D eigenvalue weighted by molar-refractivity contribution is -0.127. The molecule has 0 unspecified atom stereocenters. The van der Waals surface area contributed by atoms with Crippen molar-refractivity contribution in [2.75, 3.05) is 11.9 Å². The molecular formula is C22H23N3O2S. The van der Waals surface area contributed by atoms with Gasteiger partial charge in [0.05, 0.1) is 5.69 Å². The molecule has 2 aromatic rings. The summed E-state index contributed by atoms with van der Waals surface area (Å²) < 4.78 is 0. The zero-order chi connectivity index (χ0) is 20.1. The maximum Gasteiger partial charge on any atom is 0.242 e. The molecule has 1 saturated heterocycles. The maximum absolute atomic E-state index is 12.8. The van der Waals surface area contributed by atoms with Crippen LogP contribution in [0.15, 0.2) is 66.2 Å². The second-order valence-corrected chi connectivity index (χ2v) is 7.87. The minimum atomic E-state index is -0.492. The van der Waals surface area contributed by atoms with Crippen molar-refractivity contribution in [1.29, 1.82) is 0 Å². The molecular weight excluding hydrogens is 370 g/mol. The minimum Gasteiger partial charge on any atom is -0.326 e. The van der Waals surface area contributed by atoms with Gasteiger partial charge in [-0.3, -0.25) is 14.5 Å². The van der Waals surface area contributed by atoms with Gasteiger partial charge < -0.3 is 5.32 Å². The number of aryl methyl sites for hydroxylation is 2. The molecule has 1 N–H and O–H groups in total. The molecule has 28 heavy (non-hydrogen) atoms. The average Bonchev–Trinajstić information content (AvgIpc) is 2.93. The predicted molar refractivity (Wildman–Crippen MR) is 116 cm³/mol. The molecule has 1 heterocycles. The van der Waals surface area contributed by atoms with Crippen LogP contribution in [0, 0.1) is 13.8 Å². The van der Waals surface area contributed by atoms with E-state index in [1.807, 2.05) is 62.4 Å². The molecule has 2 aromatic carbocycles. The van der Waals surface area contributed by atoms with Crippen molar-refractivity contribution in [3.05, 3.63) is 72.3 Å². The zero-order valence-corrected chi connectivity index (χ0v) is 16.8. The van der Waals surface area contributed by atoms with Crippen LogP contribution in [-0.4, -0.2) is 33.7 Å². The second-order valence-electron chi connectivity index (χ2n) is 6.70. The summed E-state index contributed by atoms with van der Waals surface area (Å²) in [5, 5.41) is 2.96. The monoisotopic (exact) mass is 393 g/mol. The molecule has 1 atom stereocenters. The van der Waals surface area contributed by atoms with Crippen LogP contribution in [0.5, 0.6) is 0 Å². The van der Waals surface area contributed by atoms with Crippen molar-refractivity contribution in [2.24, 2.45) is 4.99 Å². The van der Waals surface area contributed by atoms with Gasteiger partial charge in [-0.2, -0.15) is 0 Å². The number of thioether (sulfide) groups is 1. The molecule has 0 aliphatic carbocycles. The summed E-state index contributed by atoms with van der Waals surface area (Å²) in [6.45, 7) is 8.08. The van der Waals surface area contributed by atoms with Crippen molar-refractivity contribution >= 4 is 40.1 Å². The van der Waals surface area contributed by atoms with Gasteiger partial charge in [-0.15, -0.1) is 6.58 Å². The summed E-state index contributed by atoms with van der Waals surface area (Å²) in [5.74, 6) is -0.305. The Morgan fingerprint density at radius 1 is 1.21 bits per heavy atom. The number of anilines is 1. The van der Waals surface area contributed by atoms with Gasteiger partial charge in [0.15, 0.2) is 5.17 Å². The summed E-state index contributed by atoms with van der Waals surface area (Å²) in [6.07, 6.45) is 1.76. The normalized spacial score (nSPS) is 17.8. The number of amides is 2. The first-order chi connectivity index (χ1) is 13.5. The Labute approximate surface area is 169 Å². The average molecular weight is 394 g/mol. The molecule has 6 heteroatoms. The van der Waals surface area contributed by atoms with Crippen LogP contribution in [-0.2, 0) is 9.59 Å². The number of benzene rings is 2. The predicted octanol–water partition coefficient (Wildman–Crippen LogP) is 4.45. The van der Waals surface area contributed by atoms with Crippen LogP contribution in [0.1, 0.15) is 17.5 Å². The number of nitrogens with one attached hydrogen (secondary N) is 1. The molecule has 5 nitrogen and oxygen atoms in total. The number of aliphatic imine (C=N–C) groups is 1. The largest absolute Gasteiger partial charge is 0.326 e. The van der Waals surface area contributed by atoms with E-state index in [0.29, 0.717) is 11.7 Å². The Bertz CT molecular complexity index is 922. The molecule has 1 aliphatic rings. The zero-order valence-electron chi connectivity index (χ0n) is 16.0. The smallest absolute Gasteiger partial charge is 0.242 e. The van der Waals surface area contributed by atoms with Gasteiger partial charge in [0, 0.05) is 18.7 Å². The van der Waals surface area contributed by atoms with E-state index in [9.17, 15) is 9.59 Å². The van der Waals surface area contributed by atoms with Gasteiger partial charge in [-0.1, -0.05) is 47.7 Å². The van der Waals surface area contributed by atoms with Gasteiger partial charge in [-0.25, -0.2) is 4.99 Å². The fourth-order valence-electron chi connectivity index (χ4n) is 2.85. The van der Waals surface area contributed by atoms with Crippen LogP contribution in [0.3, 0.4) is 0 Å². The highest BCUT2D eigenvalue weighted by atomic mass is 32.2. The van der Waals surface area contributed by atoms with Gasteiger partial charge in [0.1, 0.15) is 5.25 Å². The fraction of sp³-hybridized carbons (Fsp3) is 0.227. The molecule has 0 aromatic heterocycles. The van der Waals surface area contributed by atoms with Crippen molar-refractivity contribution in [3.63, 3.8) is 0 Å². The summed E-state index contributed by atoms with van der Waals surface area (Å²) in [6, 6.07) is 15.4. The molecule has 2 amide bonds. The Morgan fingerprint density at radius 2 is 1.96 bits per heavy atom.